The molecule has 0 fully saturated rings. The third-order valence-corrected chi connectivity index (χ3v) is 3.21. The molecule has 5 heteroatoms. The standard InChI is InChI=1S/C17H20N2O3/c1-3-22-17(20)15(18)11-13-5-4-6-16(19-13)12-7-9-14(21-2)10-8-12/h4-10,15H,3,11,18H2,1-2H3. The number of nitrogens with zero attached hydrogens (tertiary/aromatic N) is 1. The van der Waals surface area contributed by atoms with E-state index in [0.29, 0.717) is 13.0 Å². The van der Waals surface area contributed by atoms with Crippen LogP contribution in [0.25, 0.3) is 11.3 Å². The molecule has 1 heterocycles. The highest BCUT2D eigenvalue weighted by Crippen LogP contribution is 2.21. The summed E-state index contributed by atoms with van der Waals surface area (Å²) < 4.78 is 10.1. The summed E-state index contributed by atoms with van der Waals surface area (Å²) in [6.07, 6.45) is 0.350. The maximum Gasteiger partial charge on any atom is 0.323 e. The van der Waals surface area contributed by atoms with Gasteiger partial charge in [0.05, 0.1) is 19.4 Å². The first-order valence-electron chi connectivity index (χ1n) is 7.16. The zero-order valence-electron chi connectivity index (χ0n) is 12.8. The van der Waals surface area contributed by atoms with E-state index < -0.39 is 12.0 Å². The minimum absolute atomic E-state index is 0.325. The second-order valence-electron chi connectivity index (χ2n) is 4.81. The molecule has 2 aromatic rings. The van der Waals surface area contributed by atoms with E-state index in [0.717, 1.165) is 22.7 Å². The van der Waals surface area contributed by atoms with Gasteiger partial charge in [-0.1, -0.05) is 6.07 Å². The highest BCUT2D eigenvalue weighted by atomic mass is 16.5. The fourth-order valence-corrected chi connectivity index (χ4v) is 2.07. The van der Waals surface area contributed by atoms with E-state index in [4.69, 9.17) is 15.2 Å². The van der Waals surface area contributed by atoms with E-state index in [1.54, 1.807) is 14.0 Å². The number of hydrogen-bond acceptors (Lipinski definition) is 5. The Balaban J connectivity index is 2.13. The Bertz CT molecular complexity index is 626. The average Bonchev–Trinajstić information content (AvgIpc) is 2.55. The molecule has 2 rings (SSSR count). The van der Waals surface area contributed by atoms with Crippen LogP contribution in [0.2, 0.25) is 0 Å². The predicted molar refractivity (Wildman–Crippen MR) is 84.5 cm³/mol. The van der Waals surface area contributed by atoms with Gasteiger partial charge in [-0.05, 0) is 43.3 Å². The van der Waals surface area contributed by atoms with E-state index >= 15 is 0 Å². The summed E-state index contributed by atoms with van der Waals surface area (Å²) in [5.41, 5.74) is 8.40. The smallest absolute Gasteiger partial charge is 0.323 e. The number of esters is 1. The van der Waals surface area contributed by atoms with Crippen molar-refractivity contribution in [3.63, 3.8) is 0 Å². The highest BCUT2D eigenvalue weighted by molar-refractivity contribution is 5.75. The summed E-state index contributed by atoms with van der Waals surface area (Å²) in [6.45, 7) is 2.08. The third kappa shape index (κ3) is 4.05. The van der Waals surface area contributed by atoms with Gasteiger partial charge in [0.1, 0.15) is 11.8 Å². The lowest BCUT2D eigenvalue weighted by Crippen LogP contribution is -2.34. The number of nitrogens with two attached hydrogens (primary N) is 1. The average molecular weight is 300 g/mol. The molecule has 22 heavy (non-hydrogen) atoms. The fourth-order valence-electron chi connectivity index (χ4n) is 2.07. The van der Waals surface area contributed by atoms with Gasteiger partial charge in [0.25, 0.3) is 0 Å². The molecule has 1 aromatic carbocycles. The minimum Gasteiger partial charge on any atom is -0.497 e. The van der Waals surface area contributed by atoms with E-state index in [1.165, 1.54) is 0 Å². The molecular formula is C17H20N2O3. The van der Waals surface area contributed by atoms with Crippen molar-refractivity contribution in [3.8, 4) is 17.0 Å². The van der Waals surface area contributed by atoms with E-state index in [1.807, 2.05) is 42.5 Å². The monoisotopic (exact) mass is 300 g/mol. The van der Waals surface area contributed by atoms with E-state index in [-0.39, 0.29) is 0 Å². The van der Waals surface area contributed by atoms with Gasteiger partial charge in [-0.2, -0.15) is 0 Å². The van der Waals surface area contributed by atoms with Crippen LogP contribution in [0.15, 0.2) is 42.5 Å². The number of pyridine rings is 1. The Kier molecular flexibility index (Phi) is 5.49. The van der Waals surface area contributed by atoms with Crippen LogP contribution < -0.4 is 10.5 Å². The summed E-state index contributed by atoms with van der Waals surface area (Å²) in [6, 6.07) is 12.6. The Labute approximate surface area is 130 Å². The Hall–Kier alpha value is -2.40. The Morgan fingerprint density at radius 1 is 1.23 bits per heavy atom. The highest BCUT2D eigenvalue weighted by Gasteiger charge is 2.16. The van der Waals surface area contributed by atoms with Gasteiger partial charge in [-0.15, -0.1) is 0 Å². The normalized spacial score (nSPS) is 11.8. The van der Waals surface area contributed by atoms with E-state index in [2.05, 4.69) is 4.98 Å². The Morgan fingerprint density at radius 3 is 2.59 bits per heavy atom. The second-order valence-corrected chi connectivity index (χ2v) is 4.81. The van der Waals surface area contributed by atoms with Crippen molar-refractivity contribution in [1.82, 2.24) is 4.98 Å². The van der Waals surface area contributed by atoms with Crippen molar-refractivity contribution in [3.05, 3.63) is 48.2 Å². The van der Waals surface area contributed by atoms with Crippen molar-refractivity contribution in [2.24, 2.45) is 5.73 Å². The first-order chi connectivity index (χ1) is 10.6. The lowest BCUT2D eigenvalue weighted by Gasteiger charge is -2.11. The topological polar surface area (TPSA) is 74.4 Å². The number of hydrogen-bond donors (Lipinski definition) is 1. The van der Waals surface area contributed by atoms with Crippen molar-refractivity contribution in [2.45, 2.75) is 19.4 Å². The van der Waals surface area contributed by atoms with Gasteiger partial charge in [0.2, 0.25) is 0 Å². The summed E-state index contributed by atoms with van der Waals surface area (Å²) in [7, 11) is 1.63. The van der Waals surface area contributed by atoms with E-state index in [9.17, 15) is 4.79 Å². The van der Waals surface area contributed by atoms with Gasteiger partial charge in [0, 0.05) is 17.7 Å². The second kappa shape index (κ2) is 7.56. The van der Waals surface area contributed by atoms with Crippen molar-refractivity contribution >= 4 is 5.97 Å². The molecule has 1 aromatic heterocycles. The molecule has 0 saturated carbocycles. The summed E-state index contributed by atoms with van der Waals surface area (Å²) in [4.78, 5) is 16.1. The van der Waals surface area contributed by atoms with Crippen LogP contribution in [-0.2, 0) is 16.0 Å². The van der Waals surface area contributed by atoms with Crippen molar-refractivity contribution in [1.29, 1.82) is 0 Å². The quantitative estimate of drug-likeness (QED) is 0.828. The molecule has 0 aliphatic rings. The lowest BCUT2D eigenvalue weighted by molar-refractivity contribution is -0.144. The lowest BCUT2D eigenvalue weighted by atomic mass is 10.1. The molecule has 0 saturated heterocycles. The van der Waals surface area contributed by atoms with Crippen molar-refractivity contribution in [2.75, 3.05) is 13.7 Å². The van der Waals surface area contributed by atoms with Crippen LogP contribution in [0.4, 0.5) is 0 Å². The number of methoxy groups -OCH3 is 1. The maximum atomic E-state index is 11.6. The van der Waals surface area contributed by atoms with Crippen LogP contribution in [0.3, 0.4) is 0 Å². The number of aromatic nitrogens is 1. The maximum absolute atomic E-state index is 11.6. The van der Waals surface area contributed by atoms with Gasteiger partial charge in [-0.25, -0.2) is 0 Å². The molecule has 0 aliphatic heterocycles. The molecule has 116 valence electrons. The Morgan fingerprint density at radius 2 is 1.95 bits per heavy atom. The zero-order chi connectivity index (χ0) is 15.9. The van der Waals surface area contributed by atoms with Crippen LogP contribution >= 0.6 is 0 Å². The van der Waals surface area contributed by atoms with Gasteiger partial charge >= 0.3 is 5.97 Å². The van der Waals surface area contributed by atoms with Crippen LogP contribution in [0.5, 0.6) is 5.75 Å². The number of carbonyl (C=O) groups excluding carboxylic acids is 1. The molecule has 0 radical (unpaired) electrons. The molecule has 1 atom stereocenters. The number of rotatable bonds is 6. The van der Waals surface area contributed by atoms with Crippen LogP contribution in [0, 0.1) is 0 Å². The van der Waals surface area contributed by atoms with Crippen LogP contribution in [0.1, 0.15) is 12.6 Å². The molecule has 2 N–H and O–H groups in total. The molecular weight excluding hydrogens is 280 g/mol. The minimum atomic E-state index is -0.696. The largest absolute Gasteiger partial charge is 0.497 e. The molecule has 0 amide bonds. The first-order valence-corrected chi connectivity index (χ1v) is 7.16. The van der Waals surface area contributed by atoms with Gasteiger partial charge in [-0.3, -0.25) is 9.78 Å². The number of carbonyl (C=O) groups is 1. The fraction of sp³-hybridized carbons (Fsp3) is 0.294. The number of ether oxygens (including phenoxy) is 2. The van der Waals surface area contributed by atoms with Gasteiger partial charge in [0.15, 0.2) is 0 Å². The summed E-state index contributed by atoms with van der Waals surface area (Å²) >= 11 is 0. The third-order valence-electron chi connectivity index (χ3n) is 3.21. The molecule has 1 unspecified atom stereocenters. The summed E-state index contributed by atoms with van der Waals surface area (Å²) in [5.74, 6) is 0.392. The summed E-state index contributed by atoms with van der Waals surface area (Å²) in [5, 5.41) is 0. The molecule has 0 aliphatic carbocycles. The molecule has 0 bridgehead atoms. The number of benzene rings is 1. The van der Waals surface area contributed by atoms with Gasteiger partial charge < -0.3 is 15.2 Å². The molecule has 0 spiro atoms. The van der Waals surface area contributed by atoms with Crippen molar-refractivity contribution < 1.29 is 14.3 Å². The first kappa shape index (κ1) is 16.0. The molecule has 5 nitrogen and oxygen atoms in total. The van der Waals surface area contributed by atoms with Crippen LogP contribution in [-0.4, -0.2) is 30.7 Å². The zero-order valence-corrected chi connectivity index (χ0v) is 12.8. The SMILES string of the molecule is CCOC(=O)C(N)Cc1cccc(-c2ccc(OC)cc2)n1. The predicted octanol–water partition coefficient (Wildman–Crippen LogP) is 2.19.